The molecule has 0 saturated heterocycles. The maximum absolute atomic E-state index is 12.4. The molecule has 2 aromatic carbocycles. The summed E-state index contributed by atoms with van der Waals surface area (Å²) in [4.78, 5) is 18.9. The first kappa shape index (κ1) is 16.5. The summed E-state index contributed by atoms with van der Waals surface area (Å²) in [6.07, 6.45) is 0. The number of rotatable bonds is 4. The van der Waals surface area contributed by atoms with Crippen LogP contribution in [-0.2, 0) is 19.6 Å². The van der Waals surface area contributed by atoms with Gasteiger partial charge in [0.15, 0.2) is 5.89 Å². The van der Waals surface area contributed by atoms with E-state index in [1.54, 1.807) is 13.8 Å². The van der Waals surface area contributed by atoms with E-state index in [1.807, 2.05) is 12.1 Å². The summed E-state index contributed by atoms with van der Waals surface area (Å²) < 4.78 is 5.39. The second kappa shape index (κ2) is 6.77. The van der Waals surface area contributed by atoms with Crippen molar-refractivity contribution in [2.24, 2.45) is 0 Å². The van der Waals surface area contributed by atoms with Gasteiger partial charge in [0, 0.05) is 32.2 Å². The Bertz CT molecular complexity index is 947. The lowest BCUT2D eigenvalue weighted by molar-refractivity contribution is 0.0994. The van der Waals surface area contributed by atoms with E-state index >= 15 is 0 Å². The Morgan fingerprint density at radius 2 is 1.88 bits per heavy atom. The molecule has 132 valence electrons. The normalized spacial score (nSPS) is 13.6. The third-order valence-corrected chi connectivity index (χ3v) is 4.61. The molecule has 1 amide bonds. The van der Waals surface area contributed by atoms with Gasteiger partial charge in [-0.3, -0.25) is 9.69 Å². The number of fused-ring (bicyclic) bond motifs is 1. The molecule has 0 radical (unpaired) electrons. The van der Waals surface area contributed by atoms with Crippen LogP contribution in [0.5, 0.6) is 0 Å². The molecule has 0 unspecified atom stereocenters. The summed E-state index contributed by atoms with van der Waals surface area (Å²) in [5.41, 5.74) is 5.26. The van der Waals surface area contributed by atoms with Crippen LogP contribution in [-0.4, -0.2) is 15.8 Å². The van der Waals surface area contributed by atoms with Gasteiger partial charge in [-0.2, -0.15) is 0 Å². The zero-order valence-electron chi connectivity index (χ0n) is 15.0. The molecule has 0 saturated carbocycles. The summed E-state index contributed by atoms with van der Waals surface area (Å²) in [6.45, 7) is 6.25. The van der Waals surface area contributed by atoms with Crippen LogP contribution >= 0.6 is 0 Å². The molecular weight excluding hydrogens is 326 g/mol. The predicted molar refractivity (Wildman–Crippen MR) is 99.8 cm³/mol. The van der Waals surface area contributed by atoms with Crippen molar-refractivity contribution < 1.29 is 9.21 Å². The van der Waals surface area contributed by atoms with Crippen LogP contribution in [0.1, 0.15) is 38.8 Å². The average molecular weight is 347 g/mol. The molecule has 2 heterocycles. The van der Waals surface area contributed by atoms with Gasteiger partial charge in [0.2, 0.25) is 5.76 Å². The van der Waals surface area contributed by atoms with Crippen LogP contribution in [0.4, 0.5) is 5.69 Å². The van der Waals surface area contributed by atoms with Crippen molar-refractivity contribution >= 4 is 11.6 Å². The largest absolute Gasteiger partial charge is 0.436 e. The molecule has 0 spiro atoms. The van der Waals surface area contributed by atoms with Crippen LogP contribution in [0, 0.1) is 13.8 Å². The molecule has 1 N–H and O–H groups in total. The Morgan fingerprint density at radius 1 is 1.12 bits per heavy atom. The van der Waals surface area contributed by atoms with Crippen molar-refractivity contribution in [3.05, 3.63) is 82.6 Å². The molecule has 1 aliphatic rings. The van der Waals surface area contributed by atoms with Crippen LogP contribution in [0.25, 0.3) is 0 Å². The number of hydrogen-bond acceptors (Lipinski definition) is 4. The minimum absolute atomic E-state index is 0.262. The fourth-order valence-corrected chi connectivity index (χ4v) is 3.43. The van der Waals surface area contributed by atoms with Crippen molar-refractivity contribution in [2.45, 2.75) is 33.5 Å². The molecule has 0 fully saturated rings. The highest BCUT2D eigenvalue weighted by Crippen LogP contribution is 2.27. The molecule has 26 heavy (non-hydrogen) atoms. The zero-order chi connectivity index (χ0) is 18.1. The van der Waals surface area contributed by atoms with Gasteiger partial charge < -0.3 is 9.73 Å². The van der Waals surface area contributed by atoms with Gasteiger partial charge in [0.05, 0.1) is 5.69 Å². The molecule has 0 bridgehead atoms. The molecule has 5 heteroatoms. The third-order valence-electron chi connectivity index (χ3n) is 4.61. The van der Waals surface area contributed by atoms with Gasteiger partial charge in [-0.05, 0) is 35.7 Å². The van der Waals surface area contributed by atoms with Crippen LogP contribution in [0.3, 0.4) is 0 Å². The van der Waals surface area contributed by atoms with Crippen molar-refractivity contribution in [3.8, 4) is 0 Å². The number of oxazole rings is 1. The monoisotopic (exact) mass is 347 g/mol. The molecule has 3 aromatic rings. The SMILES string of the molecule is Cc1nc(C)c(C(=O)Nc2ccc3c(c2)CN(Cc2ccccc2)C3)o1. The van der Waals surface area contributed by atoms with Gasteiger partial charge >= 0.3 is 0 Å². The summed E-state index contributed by atoms with van der Waals surface area (Å²) >= 11 is 0. The van der Waals surface area contributed by atoms with E-state index in [9.17, 15) is 4.79 Å². The number of carbonyl (C=O) groups is 1. The Labute approximate surface area is 152 Å². The molecule has 1 aromatic heterocycles. The summed E-state index contributed by atoms with van der Waals surface area (Å²) in [6, 6.07) is 16.6. The van der Waals surface area contributed by atoms with E-state index in [4.69, 9.17) is 4.42 Å². The fourth-order valence-electron chi connectivity index (χ4n) is 3.43. The summed E-state index contributed by atoms with van der Waals surface area (Å²) in [5.74, 6) is 0.508. The van der Waals surface area contributed by atoms with E-state index < -0.39 is 0 Å². The van der Waals surface area contributed by atoms with Crippen LogP contribution in [0.15, 0.2) is 52.9 Å². The first-order valence-corrected chi connectivity index (χ1v) is 8.72. The minimum atomic E-state index is -0.262. The number of nitrogens with one attached hydrogen (secondary N) is 1. The van der Waals surface area contributed by atoms with E-state index in [1.165, 1.54) is 16.7 Å². The lowest BCUT2D eigenvalue weighted by Crippen LogP contribution is -2.15. The Hall–Kier alpha value is -2.92. The molecule has 1 aliphatic heterocycles. The van der Waals surface area contributed by atoms with Crippen molar-refractivity contribution in [3.63, 3.8) is 0 Å². The number of nitrogens with zero attached hydrogens (tertiary/aromatic N) is 2. The third kappa shape index (κ3) is 3.39. The fraction of sp³-hybridized carbons (Fsp3) is 0.238. The number of carbonyl (C=O) groups excluding carboxylic acids is 1. The number of anilines is 1. The molecule has 0 atom stereocenters. The maximum atomic E-state index is 12.4. The number of aryl methyl sites for hydroxylation is 2. The zero-order valence-corrected chi connectivity index (χ0v) is 15.0. The highest BCUT2D eigenvalue weighted by molar-refractivity contribution is 6.03. The molecular formula is C21H21N3O2. The van der Waals surface area contributed by atoms with Crippen molar-refractivity contribution in [2.75, 3.05) is 5.32 Å². The average Bonchev–Trinajstić information content (AvgIpc) is 3.17. The van der Waals surface area contributed by atoms with Gasteiger partial charge in [-0.1, -0.05) is 36.4 Å². The lowest BCUT2D eigenvalue weighted by atomic mass is 10.1. The topological polar surface area (TPSA) is 58.4 Å². The Kier molecular flexibility index (Phi) is 4.31. The van der Waals surface area contributed by atoms with Gasteiger partial charge in [0.25, 0.3) is 5.91 Å². The van der Waals surface area contributed by atoms with Gasteiger partial charge in [0.1, 0.15) is 0 Å². The molecule has 0 aliphatic carbocycles. The highest BCUT2D eigenvalue weighted by Gasteiger charge is 2.21. The molecule has 5 nitrogen and oxygen atoms in total. The van der Waals surface area contributed by atoms with Crippen molar-refractivity contribution in [1.82, 2.24) is 9.88 Å². The second-order valence-corrected chi connectivity index (χ2v) is 6.72. The Morgan fingerprint density at radius 3 is 2.62 bits per heavy atom. The first-order chi connectivity index (χ1) is 12.6. The second-order valence-electron chi connectivity index (χ2n) is 6.72. The van der Waals surface area contributed by atoms with Crippen molar-refractivity contribution in [1.29, 1.82) is 0 Å². The van der Waals surface area contributed by atoms with Gasteiger partial charge in [-0.25, -0.2) is 4.98 Å². The minimum Gasteiger partial charge on any atom is -0.436 e. The van der Waals surface area contributed by atoms with Gasteiger partial charge in [-0.15, -0.1) is 0 Å². The summed E-state index contributed by atoms with van der Waals surface area (Å²) in [7, 11) is 0. The number of aromatic nitrogens is 1. The lowest BCUT2D eigenvalue weighted by Gasteiger charge is -2.14. The standard InChI is InChI=1S/C21H21N3O2/c1-14-20(26-15(2)22-14)21(25)23-19-9-8-17-12-24(13-18(17)10-19)11-16-6-4-3-5-7-16/h3-10H,11-13H2,1-2H3,(H,23,25). The quantitative estimate of drug-likeness (QED) is 0.773. The summed E-state index contributed by atoms with van der Waals surface area (Å²) in [5, 5.41) is 2.92. The van der Waals surface area contributed by atoms with E-state index in [-0.39, 0.29) is 11.7 Å². The van der Waals surface area contributed by atoms with E-state index in [0.717, 1.165) is 25.3 Å². The smallest absolute Gasteiger partial charge is 0.293 e. The van der Waals surface area contributed by atoms with E-state index in [2.05, 4.69) is 51.6 Å². The molecule has 4 rings (SSSR count). The number of benzene rings is 2. The number of hydrogen-bond donors (Lipinski definition) is 1. The van der Waals surface area contributed by atoms with E-state index in [0.29, 0.717) is 11.6 Å². The first-order valence-electron chi connectivity index (χ1n) is 8.72. The van der Waals surface area contributed by atoms with Crippen LogP contribution in [0.2, 0.25) is 0 Å². The number of amides is 1. The van der Waals surface area contributed by atoms with Crippen LogP contribution < -0.4 is 5.32 Å². The predicted octanol–water partition coefficient (Wildman–Crippen LogP) is 4.06. The highest BCUT2D eigenvalue weighted by atomic mass is 16.4. The Balaban J connectivity index is 1.45. The maximum Gasteiger partial charge on any atom is 0.293 e.